The molecule has 0 aromatic rings. The monoisotopic (exact) mass is 142 g/mol. The van der Waals surface area contributed by atoms with Gasteiger partial charge in [0.05, 0.1) is 0 Å². The van der Waals surface area contributed by atoms with Crippen LogP contribution in [-0.2, 0) is 30.7 Å². The first-order valence-electron chi connectivity index (χ1n) is 0.408. The molecular weight excluding hydrogens is 140 g/mol. The van der Waals surface area contributed by atoms with Crippen molar-refractivity contribution in [3.05, 3.63) is 0 Å². The van der Waals surface area contributed by atoms with Crippen molar-refractivity contribution in [3.63, 3.8) is 0 Å². The second-order valence-corrected chi connectivity index (χ2v) is 0.0833. The normalized spacial score (nSPS) is 2.00. The molecule has 0 saturated heterocycles. The summed E-state index contributed by atoms with van der Waals surface area (Å²) in [6, 6.07) is 0. The molecule has 0 aliphatic heterocycles. The summed E-state index contributed by atoms with van der Waals surface area (Å²) in [6.45, 7) is 0. The van der Waals surface area contributed by atoms with Gasteiger partial charge in [-0.3, -0.25) is 0 Å². The van der Waals surface area contributed by atoms with Gasteiger partial charge in [-0.2, -0.15) is 9.59 Å². The topological polar surface area (TPSA) is 34.1 Å². The average Bonchev–Trinajstić information content (AvgIpc) is 0.918. The summed E-state index contributed by atoms with van der Waals surface area (Å²) >= 11 is 0. The maximum absolute atomic E-state index is 8.12. The molecule has 0 saturated carbocycles. The standard InChI is InChI=1S/CO2.Mo/c2-1-3;. The minimum Gasteiger partial charge on any atom is -0.186 e. The third-order valence-corrected chi connectivity index (χ3v) is 0. The molecule has 0 aliphatic carbocycles. The summed E-state index contributed by atoms with van der Waals surface area (Å²) < 4.78 is 0. The van der Waals surface area contributed by atoms with Gasteiger partial charge in [-0.15, -0.1) is 0 Å². The van der Waals surface area contributed by atoms with E-state index >= 15 is 0 Å². The van der Waals surface area contributed by atoms with Gasteiger partial charge in [0.15, 0.2) is 0 Å². The van der Waals surface area contributed by atoms with Crippen LogP contribution >= 0.6 is 0 Å². The maximum atomic E-state index is 8.12. The fraction of sp³-hybridized carbons (Fsp3) is 0. The molecule has 3 heteroatoms. The Kier molecular flexibility index (Phi) is 25.7. The van der Waals surface area contributed by atoms with E-state index in [-0.39, 0.29) is 27.2 Å². The molecule has 0 unspecified atom stereocenters. The molecule has 0 N–H and O–H groups in total. The minimum atomic E-state index is 0. The van der Waals surface area contributed by atoms with E-state index in [1.165, 1.54) is 0 Å². The van der Waals surface area contributed by atoms with Crippen LogP contribution in [0.2, 0.25) is 0 Å². The molecule has 0 fully saturated rings. The van der Waals surface area contributed by atoms with Crippen LogP contribution in [0.25, 0.3) is 0 Å². The molecular formula is CMoO2. The van der Waals surface area contributed by atoms with Gasteiger partial charge in [0.1, 0.15) is 0 Å². The van der Waals surface area contributed by atoms with Crippen molar-refractivity contribution in [2.24, 2.45) is 0 Å². The molecule has 0 aliphatic rings. The largest absolute Gasteiger partial charge is 0.373 e. The Labute approximate surface area is 37.5 Å². The summed E-state index contributed by atoms with van der Waals surface area (Å²) in [4.78, 5) is 16.2. The summed E-state index contributed by atoms with van der Waals surface area (Å²) in [5.74, 6) is 0. The van der Waals surface area contributed by atoms with E-state index in [0.29, 0.717) is 0 Å². The van der Waals surface area contributed by atoms with E-state index in [1.54, 1.807) is 0 Å². The van der Waals surface area contributed by atoms with Crippen molar-refractivity contribution in [2.75, 3.05) is 0 Å². The van der Waals surface area contributed by atoms with Crippen molar-refractivity contribution in [1.29, 1.82) is 0 Å². The molecule has 0 amide bonds. The Morgan fingerprint density at radius 1 is 1.25 bits per heavy atom. The molecule has 0 spiro atoms. The second kappa shape index (κ2) is 11.5. The van der Waals surface area contributed by atoms with Crippen LogP contribution < -0.4 is 0 Å². The van der Waals surface area contributed by atoms with Crippen molar-refractivity contribution in [1.82, 2.24) is 0 Å². The van der Waals surface area contributed by atoms with E-state index in [9.17, 15) is 0 Å². The summed E-state index contributed by atoms with van der Waals surface area (Å²) in [5.41, 5.74) is 0. The molecule has 0 bridgehead atoms. The minimum absolute atomic E-state index is 0. The average molecular weight is 140 g/mol. The fourth-order valence-electron chi connectivity index (χ4n) is 0. The van der Waals surface area contributed by atoms with Gasteiger partial charge >= 0.3 is 6.15 Å². The van der Waals surface area contributed by atoms with Crippen LogP contribution in [0.1, 0.15) is 0 Å². The van der Waals surface area contributed by atoms with E-state index < -0.39 is 0 Å². The number of rotatable bonds is 0. The van der Waals surface area contributed by atoms with Crippen molar-refractivity contribution >= 4 is 6.15 Å². The van der Waals surface area contributed by atoms with Crippen LogP contribution in [0.5, 0.6) is 0 Å². The van der Waals surface area contributed by atoms with Crippen LogP contribution in [0, 0.1) is 0 Å². The van der Waals surface area contributed by atoms with Gasteiger partial charge in [-0.1, -0.05) is 0 Å². The van der Waals surface area contributed by atoms with Gasteiger partial charge in [-0.05, 0) is 0 Å². The Morgan fingerprint density at radius 3 is 1.25 bits per heavy atom. The number of hydrogen-bond acceptors (Lipinski definition) is 2. The number of carbonyl (C=O) groups excluding carboxylic acids is 2. The summed E-state index contributed by atoms with van der Waals surface area (Å²) in [7, 11) is 0. The van der Waals surface area contributed by atoms with Crippen LogP contribution in [-0.4, -0.2) is 6.15 Å². The van der Waals surface area contributed by atoms with Gasteiger partial charge in [-0.25, -0.2) is 0 Å². The zero-order valence-electron chi connectivity index (χ0n) is 1.72. The Balaban J connectivity index is 0. The molecule has 0 heterocycles. The Bertz CT molecular complexity index is 27.0. The van der Waals surface area contributed by atoms with Crippen LogP contribution in [0.3, 0.4) is 0 Å². The first-order valence-corrected chi connectivity index (χ1v) is 0.408. The van der Waals surface area contributed by atoms with E-state index in [4.69, 9.17) is 9.59 Å². The SMILES string of the molecule is O=C=O.[Mo]. The molecule has 0 radical (unpaired) electrons. The predicted molar refractivity (Wildman–Crippen MR) is 5.01 cm³/mol. The van der Waals surface area contributed by atoms with Gasteiger partial charge in [0, 0.05) is 21.1 Å². The van der Waals surface area contributed by atoms with Crippen LogP contribution in [0.15, 0.2) is 0 Å². The zero-order chi connectivity index (χ0) is 2.71. The maximum Gasteiger partial charge on any atom is 0.373 e. The van der Waals surface area contributed by atoms with Gasteiger partial charge in [0.2, 0.25) is 0 Å². The second-order valence-electron chi connectivity index (χ2n) is 0.0833. The first kappa shape index (κ1) is 8.95. The third kappa shape index (κ3) is 506. The molecule has 0 aromatic heterocycles. The molecule has 0 rings (SSSR count). The van der Waals surface area contributed by atoms with Crippen molar-refractivity contribution < 1.29 is 30.7 Å². The van der Waals surface area contributed by atoms with Crippen LogP contribution in [0.4, 0.5) is 0 Å². The molecule has 0 atom stereocenters. The van der Waals surface area contributed by atoms with E-state index in [2.05, 4.69) is 0 Å². The predicted octanol–water partition coefficient (Wildman–Crippen LogP) is -0.586. The van der Waals surface area contributed by atoms with E-state index in [1.807, 2.05) is 0 Å². The fourth-order valence-corrected chi connectivity index (χ4v) is 0. The quantitative estimate of drug-likeness (QED) is 0.421. The smallest absolute Gasteiger partial charge is 0.186 e. The van der Waals surface area contributed by atoms with Gasteiger partial charge < -0.3 is 0 Å². The summed E-state index contributed by atoms with van der Waals surface area (Å²) in [5, 5.41) is 0. The summed E-state index contributed by atoms with van der Waals surface area (Å²) in [6.07, 6.45) is 0.250. The first-order chi connectivity index (χ1) is 1.41. The molecule has 0 aromatic carbocycles. The Morgan fingerprint density at radius 2 is 1.25 bits per heavy atom. The molecule has 22 valence electrons. The number of hydrogen-bond donors (Lipinski definition) is 0. The van der Waals surface area contributed by atoms with Crippen molar-refractivity contribution in [3.8, 4) is 0 Å². The zero-order valence-corrected chi connectivity index (χ0v) is 3.73. The van der Waals surface area contributed by atoms with Gasteiger partial charge in [0.25, 0.3) is 0 Å². The van der Waals surface area contributed by atoms with Crippen molar-refractivity contribution in [2.45, 2.75) is 0 Å². The third-order valence-electron chi connectivity index (χ3n) is 0. The molecule has 2 nitrogen and oxygen atoms in total. The Hall–Kier alpha value is 0.0683. The van der Waals surface area contributed by atoms with E-state index in [0.717, 1.165) is 0 Å². The molecule has 4 heavy (non-hydrogen) atoms.